The minimum absolute atomic E-state index is 0.838. The minimum atomic E-state index is 0.838. The Labute approximate surface area is 175 Å². The molecule has 4 nitrogen and oxygen atoms in total. The predicted molar refractivity (Wildman–Crippen MR) is 121 cm³/mol. The van der Waals surface area contributed by atoms with Crippen molar-refractivity contribution in [2.24, 2.45) is 0 Å². The Hall–Kier alpha value is -3.92. The van der Waals surface area contributed by atoms with Crippen molar-refractivity contribution >= 4 is 0 Å². The van der Waals surface area contributed by atoms with Crippen molar-refractivity contribution in [2.45, 2.75) is 13.8 Å². The third-order valence-corrected chi connectivity index (χ3v) is 5.34. The van der Waals surface area contributed by atoms with E-state index in [4.69, 9.17) is 10.1 Å². The average Bonchev–Trinajstić information content (AvgIpc) is 3.36. The highest BCUT2D eigenvalue weighted by atomic mass is 15.3. The summed E-state index contributed by atoms with van der Waals surface area (Å²) in [5.74, 6) is 0.838. The van der Waals surface area contributed by atoms with Gasteiger partial charge >= 0.3 is 0 Å². The molecule has 0 saturated carbocycles. The number of aryl methyl sites for hydroxylation is 1. The van der Waals surface area contributed by atoms with Crippen LogP contribution >= 0.6 is 0 Å². The third-order valence-electron chi connectivity index (χ3n) is 5.34. The lowest BCUT2D eigenvalue weighted by Gasteiger charge is -2.04. The zero-order valence-electron chi connectivity index (χ0n) is 17.0. The second kappa shape index (κ2) is 7.48. The monoisotopic (exact) mass is 390 g/mol. The first kappa shape index (κ1) is 18.1. The number of para-hydroxylation sites is 1. The quantitative estimate of drug-likeness (QED) is 0.396. The van der Waals surface area contributed by atoms with E-state index < -0.39 is 0 Å². The molecule has 0 saturated heterocycles. The van der Waals surface area contributed by atoms with Gasteiger partial charge < -0.3 is 4.98 Å². The second-order valence-corrected chi connectivity index (χ2v) is 7.33. The van der Waals surface area contributed by atoms with Gasteiger partial charge in [0.05, 0.1) is 34.0 Å². The fraction of sp³-hybridized carbons (Fsp3) is 0.0769. The van der Waals surface area contributed by atoms with E-state index in [1.165, 1.54) is 0 Å². The Kier molecular flexibility index (Phi) is 4.52. The van der Waals surface area contributed by atoms with Gasteiger partial charge in [-0.1, -0.05) is 78.9 Å². The lowest BCUT2D eigenvalue weighted by molar-refractivity contribution is 0.834. The highest BCUT2D eigenvalue weighted by Gasteiger charge is 2.21. The molecule has 5 rings (SSSR count). The first-order chi connectivity index (χ1) is 14.7. The molecule has 0 fully saturated rings. The number of hydrogen-bond donors (Lipinski definition) is 1. The minimum Gasteiger partial charge on any atom is -0.337 e. The predicted octanol–water partition coefficient (Wildman–Crippen LogP) is 6.21. The van der Waals surface area contributed by atoms with E-state index in [0.717, 1.165) is 51.0 Å². The summed E-state index contributed by atoms with van der Waals surface area (Å²) in [4.78, 5) is 8.64. The number of nitrogens with one attached hydrogen (secondary N) is 1. The van der Waals surface area contributed by atoms with E-state index in [0.29, 0.717) is 0 Å². The third kappa shape index (κ3) is 3.12. The number of benzene rings is 3. The van der Waals surface area contributed by atoms with Gasteiger partial charge in [-0.05, 0) is 26.0 Å². The van der Waals surface area contributed by atoms with Gasteiger partial charge in [0.25, 0.3) is 0 Å². The van der Waals surface area contributed by atoms with Gasteiger partial charge in [0.15, 0.2) is 0 Å². The van der Waals surface area contributed by atoms with Crippen LogP contribution in [0.4, 0.5) is 0 Å². The molecule has 2 heterocycles. The Bertz CT molecular complexity index is 1230. The van der Waals surface area contributed by atoms with Crippen LogP contribution < -0.4 is 0 Å². The van der Waals surface area contributed by atoms with E-state index in [1.54, 1.807) is 0 Å². The van der Waals surface area contributed by atoms with Crippen molar-refractivity contribution in [3.8, 4) is 39.6 Å². The highest BCUT2D eigenvalue weighted by molar-refractivity contribution is 5.81. The highest BCUT2D eigenvalue weighted by Crippen LogP contribution is 2.35. The summed E-state index contributed by atoms with van der Waals surface area (Å²) in [7, 11) is 0. The van der Waals surface area contributed by atoms with Gasteiger partial charge in [-0.15, -0.1) is 0 Å². The fourth-order valence-electron chi connectivity index (χ4n) is 3.92. The standard InChI is InChI=1S/C26H22N4/c1-18-23(19(2)30(29-18)22-16-10-5-11-17-22)26-27-24(20-12-6-3-7-13-20)25(28-26)21-14-8-4-9-15-21/h3-17H,1-2H3,(H,27,28). The second-order valence-electron chi connectivity index (χ2n) is 7.33. The van der Waals surface area contributed by atoms with Crippen molar-refractivity contribution in [3.63, 3.8) is 0 Å². The number of rotatable bonds is 4. The van der Waals surface area contributed by atoms with Crippen LogP contribution in [-0.2, 0) is 0 Å². The zero-order valence-corrected chi connectivity index (χ0v) is 17.0. The molecule has 0 aliphatic heterocycles. The maximum absolute atomic E-state index is 5.05. The van der Waals surface area contributed by atoms with Crippen molar-refractivity contribution in [1.82, 2.24) is 19.7 Å². The number of hydrogen-bond acceptors (Lipinski definition) is 2. The maximum Gasteiger partial charge on any atom is 0.142 e. The van der Waals surface area contributed by atoms with Crippen LogP contribution in [0, 0.1) is 13.8 Å². The molecule has 0 bridgehead atoms. The molecule has 0 amide bonds. The molecule has 0 aliphatic carbocycles. The molecule has 1 N–H and O–H groups in total. The largest absolute Gasteiger partial charge is 0.337 e. The van der Waals surface area contributed by atoms with Crippen LogP contribution in [0.1, 0.15) is 11.4 Å². The van der Waals surface area contributed by atoms with E-state index in [9.17, 15) is 0 Å². The molecular formula is C26H22N4. The summed E-state index contributed by atoms with van der Waals surface area (Å²) in [6.07, 6.45) is 0. The van der Waals surface area contributed by atoms with Gasteiger partial charge in [0, 0.05) is 11.1 Å². The molecule has 4 heteroatoms. The molecule has 0 radical (unpaired) electrons. The molecule has 30 heavy (non-hydrogen) atoms. The molecule has 0 aliphatic rings. The summed E-state index contributed by atoms with van der Waals surface area (Å²) in [5.41, 5.74) is 8.26. The van der Waals surface area contributed by atoms with Gasteiger partial charge in [-0.25, -0.2) is 9.67 Å². The summed E-state index contributed by atoms with van der Waals surface area (Å²) < 4.78 is 1.98. The lowest BCUT2D eigenvalue weighted by atomic mass is 10.1. The Morgan fingerprint density at radius 1 is 0.700 bits per heavy atom. The van der Waals surface area contributed by atoms with Crippen LogP contribution in [0.15, 0.2) is 91.0 Å². The van der Waals surface area contributed by atoms with Crippen LogP contribution in [0.5, 0.6) is 0 Å². The average molecular weight is 390 g/mol. The molecule has 146 valence electrons. The molecule has 0 unspecified atom stereocenters. The summed E-state index contributed by atoms with van der Waals surface area (Å²) in [5, 5.41) is 4.80. The number of imidazole rings is 1. The first-order valence-corrected chi connectivity index (χ1v) is 10.1. The van der Waals surface area contributed by atoms with Crippen molar-refractivity contribution in [2.75, 3.05) is 0 Å². The Balaban J connectivity index is 1.70. The lowest BCUT2D eigenvalue weighted by Crippen LogP contribution is -1.98. The normalized spacial score (nSPS) is 11.0. The SMILES string of the molecule is Cc1nn(-c2ccccc2)c(C)c1-c1nc(-c2ccccc2)c(-c2ccccc2)[nH]1. The summed E-state index contributed by atoms with van der Waals surface area (Å²) in [6, 6.07) is 30.9. The van der Waals surface area contributed by atoms with Crippen LogP contribution in [-0.4, -0.2) is 19.7 Å². The van der Waals surface area contributed by atoms with Crippen LogP contribution in [0.25, 0.3) is 39.6 Å². The molecule has 0 spiro atoms. The molecule has 0 atom stereocenters. The van der Waals surface area contributed by atoms with Crippen LogP contribution in [0.3, 0.4) is 0 Å². The number of aromatic nitrogens is 4. The number of aromatic amines is 1. The van der Waals surface area contributed by atoms with Gasteiger partial charge in [-0.2, -0.15) is 5.10 Å². The Morgan fingerprint density at radius 2 is 1.27 bits per heavy atom. The number of nitrogens with zero attached hydrogens (tertiary/aromatic N) is 3. The van der Waals surface area contributed by atoms with E-state index >= 15 is 0 Å². The van der Waals surface area contributed by atoms with E-state index in [1.807, 2.05) is 54.1 Å². The van der Waals surface area contributed by atoms with Crippen molar-refractivity contribution < 1.29 is 0 Å². The topological polar surface area (TPSA) is 46.5 Å². The van der Waals surface area contributed by atoms with Gasteiger partial charge in [0.1, 0.15) is 5.82 Å². The van der Waals surface area contributed by atoms with Crippen molar-refractivity contribution in [1.29, 1.82) is 0 Å². The summed E-state index contributed by atoms with van der Waals surface area (Å²) in [6.45, 7) is 4.13. The number of H-pyrrole nitrogens is 1. The Morgan fingerprint density at radius 3 is 1.90 bits per heavy atom. The van der Waals surface area contributed by atoms with E-state index in [-0.39, 0.29) is 0 Å². The zero-order chi connectivity index (χ0) is 20.5. The smallest absolute Gasteiger partial charge is 0.142 e. The maximum atomic E-state index is 5.05. The van der Waals surface area contributed by atoms with Crippen LogP contribution in [0.2, 0.25) is 0 Å². The molecule has 2 aromatic heterocycles. The van der Waals surface area contributed by atoms with E-state index in [2.05, 4.69) is 60.4 Å². The molecular weight excluding hydrogens is 368 g/mol. The molecule has 5 aromatic rings. The first-order valence-electron chi connectivity index (χ1n) is 10.1. The van der Waals surface area contributed by atoms with Gasteiger partial charge in [-0.3, -0.25) is 0 Å². The van der Waals surface area contributed by atoms with Crippen molar-refractivity contribution in [3.05, 3.63) is 102 Å². The fourth-order valence-corrected chi connectivity index (χ4v) is 3.92. The van der Waals surface area contributed by atoms with Gasteiger partial charge in [0.2, 0.25) is 0 Å². The summed E-state index contributed by atoms with van der Waals surface area (Å²) >= 11 is 0. The molecule has 3 aromatic carbocycles.